The molecule has 2 aromatic heterocycles. The number of alkyl halides is 1. The van der Waals surface area contributed by atoms with Crippen molar-refractivity contribution in [2.75, 3.05) is 0 Å². The normalized spacial score (nSPS) is 12.9. The zero-order valence-corrected chi connectivity index (χ0v) is 13.3. The Hall–Kier alpha value is -1.03. The first kappa shape index (κ1) is 13.9. The van der Waals surface area contributed by atoms with E-state index in [4.69, 9.17) is 23.2 Å². The first-order valence-corrected chi connectivity index (χ1v) is 8.21. The van der Waals surface area contributed by atoms with Crippen LogP contribution in [0.4, 0.5) is 0 Å². The molecule has 104 valence electrons. The van der Waals surface area contributed by atoms with Gasteiger partial charge in [-0.05, 0) is 53.9 Å². The molecule has 5 heteroatoms. The summed E-state index contributed by atoms with van der Waals surface area (Å²) in [6, 6.07) is 7.92. The molecule has 1 unspecified atom stereocenters. The maximum atomic E-state index is 6.27. The second kappa shape index (κ2) is 5.76. The fourth-order valence-corrected chi connectivity index (χ4v) is 3.37. The number of benzene rings is 1. The number of hydrogen-bond donors (Lipinski definition) is 0. The fraction of sp³-hybridized carbons (Fsp3) is 0.267. The Morgan fingerprint density at radius 3 is 2.90 bits per heavy atom. The predicted molar refractivity (Wildman–Crippen MR) is 87.0 cm³/mol. The topological polar surface area (TPSA) is 17.8 Å². The second-order valence-corrected chi connectivity index (χ2v) is 6.62. The largest absolute Gasteiger partial charge is 0.326 e. The van der Waals surface area contributed by atoms with Crippen molar-refractivity contribution in [3.63, 3.8) is 0 Å². The molecule has 2 heterocycles. The number of hydrogen-bond acceptors (Lipinski definition) is 2. The molecular formula is C15H14Cl2N2S. The number of imidazole rings is 1. The summed E-state index contributed by atoms with van der Waals surface area (Å²) in [6.45, 7) is 2.81. The van der Waals surface area contributed by atoms with Crippen molar-refractivity contribution < 1.29 is 0 Å². The first-order chi connectivity index (χ1) is 9.65. The van der Waals surface area contributed by atoms with Crippen LogP contribution in [-0.2, 0) is 13.0 Å². The standard InChI is InChI=1S/C15H14Cl2N2S/c1-10(16)15-18-13-3-2-12(17)8-14(13)19(15)6-4-11-5-7-20-9-11/h2-3,5,7-10H,4,6H2,1H3. The van der Waals surface area contributed by atoms with Crippen LogP contribution in [0.15, 0.2) is 35.0 Å². The summed E-state index contributed by atoms with van der Waals surface area (Å²) in [6.07, 6.45) is 0.970. The number of rotatable bonds is 4. The van der Waals surface area contributed by atoms with Gasteiger partial charge in [-0.25, -0.2) is 4.98 Å². The maximum Gasteiger partial charge on any atom is 0.127 e. The smallest absolute Gasteiger partial charge is 0.127 e. The van der Waals surface area contributed by atoms with Gasteiger partial charge in [-0.3, -0.25) is 0 Å². The third-order valence-corrected chi connectivity index (χ3v) is 4.46. The zero-order chi connectivity index (χ0) is 14.1. The molecule has 1 aromatic carbocycles. The Bertz CT molecular complexity index is 717. The monoisotopic (exact) mass is 324 g/mol. The molecule has 0 aliphatic rings. The summed E-state index contributed by atoms with van der Waals surface area (Å²) in [4.78, 5) is 4.63. The van der Waals surface area contributed by atoms with E-state index < -0.39 is 0 Å². The molecule has 20 heavy (non-hydrogen) atoms. The van der Waals surface area contributed by atoms with Crippen LogP contribution < -0.4 is 0 Å². The third-order valence-electron chi connectivity index (χ3n) is 3.30. The van der Waals surface area contributed by atoms with Crippen molar-refractivity contribution in [2.45, 2.75) is 25.3 Å². The van der Waals surface area contributed by atoms with Crippen LogP contribution in [0.25, 0.3) is 11.0 Å². The van der Waals surface area contributed by atoms with Gasteiger partial charge in [-0.1, -0.05) is 11.6 Å². The fourth-order valence-electron chi connectivity index (χ4n) is 2.33. The molecule has 2 nitrogen and oxygen atoms in total. The molecule has 0 saturated carbocycles. The van der Waals surface area contributed by atoms with Crippen molar-refractivity contribution in [1.82, 2.24) is 9.55 Å². The summed E-state index contributed by atoms with van der Waals surface area (Å²) in [5.74, 6) is 0.902. The van der Waals surface area contributed by atoms with E-state index in [0.29, 0.717) is 0 Å². The summed E-state index contributed by atoms with van der Waals surface area (Å²) in [7, 11) is 0. The first-order valence-electron chi connectivity index (χ1n) is 6.46. The molecule has 0 fully saturated rings. The average molecular weight is 325 g/mol. The molecule has 0 bridgehead atoms. The molecule has 0 aliphatic heterocycles. The van der Waals surface area contributed by atoms with E-state index in [1.165, 1.54) is 5.56 Å². The van der Waals surface area contributed by atoms with Crippen molar-refractivity contribution >= 4 is 45.6 Å². The number of thiophene rings is 1. The Balaban J connectivity index is 2.01. The van der Waals surface area contributed by atoms with Gasteiger partial charge >= 0.3 is 0 Å². The quantitative estimate of drug-likeness (QED) is 0.596. The lowest BCUT2D eigenvalue weighted by atomic mass is 10.2. The van der Waals surface area contributed by atoms with Gasteiger partial charge in [0.25, 0.3) is 0 Å². The van der Waals surface area contributed by atoms with Gasteiger partial charge in [0.05, 0.1) is 16.4 Å². The molecule has 1 atom stereocenters. The molecule has 3 aromatic rings. The Labute approximate surface area is 132 Å². The highest BCUT2D eigenvalue weighted by molar-refractivity contribution is 7.07. The lowest BCUT2D eigenvalue weighted by Crippen LogP contribution is -2.06. The van der Waals surface area contributed by atoms with E-state index in [-0.39, 0.29) is 5.38 Å². The maximum absolute atomic E-state index is 6.27. The molecule has 0 amide bonds. The second-order valence-electron chi connectivity index (χ2n) is 4.75. The SMILES string of the molecule is CC(Cl)c1nc2ccc(Cl)cc2n1CCc1ccsc1. The van der Waals surface area contributed by atoms with Crippen LogP contribution in [0.2, 0.25) is 5.02 Å². The van der Waals surface area contributed by atoms with E-state index in [9.17, 15) is 0 Å². The number of aromatic nitrogens is 2. The van der Waals surface area contributed by atoms with Crippen molar-refractivity contribution in [1.29, 1.82) is 0 Å². The minimum atomic E-state index is -0.122. The van der Waals surface area contributed by atoms with Crippen LogP contribution in [-0.4, -0.2) is 9.55 Å². The van der Waals surface area contributed by atoms with Crippen LogP contribution in [0.3, 0.4) is 0 Å². The number of halogens is 2. The third kappa shape index (κ3) is 2.71. The Kier molecular flexibility index (Phi) is 4.01. The van der Waals surface area contributed by atoms with Crippen molar-refractivity contribution in [2.24, 2.45) is 0 Å². The van der Waals surface area contributed by atoms with Gasteiger partial charge in [0.15, 0.2) is 0 Å². The van der Waals surface area contributed by atoms with Gasteiger partial charge in [-0.15, -0.1) is 11.6 Å². The number of aryl methyl sites for hydroxylation is 2. The van der Waals surface area contributed by atoms with Gasteiger partial charge < -0.3 is 4.57 Å². The molecule has 0 saturated heterocycles. The van der Waals surface area contributed by atoms with Crippen LogP contribution >= 0.6 is 34.5 Å². The van der Waals surface area contributed by atoms with E-state index in [1.54, 1.807) is 11.3 Å². The van der Waals surface area contributed by atoms with Gasteiger partial charge in [0.1, 0.15) is 5.82 Å². The van der Waals surface area contributed by atoms with E-state index in [0.717, 1.165) is 34.8 Å². The minimum Gasteiger partial charge on any atom is -0.326 e. The van der Waals surface area contributed by atoms with Crippen LogP contribution in [0.1, 0.15) is 23.7 Å². The molecular weight excluding hydrogens is 311 g/mol. The zero-order valence-electron chi connectivity index (χ0n) is 11.0. The highest BCUT2D eigenvalue weighted by Crippen LogP contribution is 2.27. The Morgan fingerprint density at radius 2 is 2.20 bits per heavy atom. The van der Waals surface area contributed by atoms with Crippen molar-refractivity contribution in [3.05, 3.63) is 51.4 Å². The van der Waals surface area contributed by atoms with Crippen LogP contribution in [0.5, 0.6) is 0 Å². The summed E-state index contributed by atoms with van der Waals surface area (Å²) in [5, 5.41) is 4.88. The summed E-state index contributed by atoms with van der Waals surface area (Å²) < 4.78 is 2.18. The van der Waals surface area contributed by atoms with E-state index in [2.05, 4.69) is 26.4 Å². The van der Waals surface area contributed by atoms with Gasteiger partial charge in [0.2, 0.25) is 0 Å². The molecule has 0 N–H and O–H groups in total. The minimum absolute atomic E-state index is 0.122. The Morgan fingerprint density at radius 1 is 1.35 bits per heavy atom. The predicted octanol–water partition coefficient (Wildman–Crippen LogP) is 5.29. The van der Waals surface area contributed by atoms with Crippen molar-refractivity contribution in [3.8, 4) is 0 Å². The summed E-state index contributed by atoms with van der Waals surface area (Å²) in [5.41, 5.74) is 3.34. The molecule has 3 rings (SSSR count). The number of fused-ring (bicyclic) bond motifs is 1. The summed E-state index contributed by atoms with van der Waals surface area (Å²) >= 11 is 14.1. The average Bonchev–Trinajstić information content (AvgIpc) is 3.03. The number of nitrogens with zero attached hydrogens (tertiary/aromatic N) is 2. The van der Waals surface area contributed by atoms with Gasteiger partial charge in [0, 0.05) is 11.6 Å². The van der Waals surface area contributed by atoms with E-state index in [1.807, 2.05) is 25.1 Å². The lowest BCUT2D eigenvalue weighted by molar-refractivity contribution is 0.669. The van der Waals surface area contributed by atoms with Crippen LogP contribution in [0, 0.1) is 0 Å². The highest BCUT2D eigenvalue weighted by Gasteiger charge is 2.15. The van der Waals surface area contributed by atoms with Gasteiger partial charge in [-0.2, -0.15) is 11.3 Å². The molecule has 0 radical (unpaired) electrons. The molecule has 0 aliphatic carbocycles. The molecule has 0 spiro atoms. The van der Waals surface area contributed by atoms with E-state index >= 15 is 0 Å². The lowest BCUT2D eigenvalue weighted by Gasteiger charge is -2.10. The highest BCUT2D eigenvalue weighted by atomic mass is 35.5.